The van der Waals surface area contributed by atoms with E-state index < -0.39 is 0 Å². The van der Waals surface area contributed by atoms with Crippen LogP contribution in [0.4, 0.5) is 5.82 Å². The summed E-state index contributed by atoms with van der Waals surface area (Å²) < 4.78 is 1.97. The average Bonchev–Trinajstić information content (AvgIpc) is 2.94. The Labute approximate surface area is 97.8 Å². The molecule has 0 radical (unpaired) electrons. The maximum Gasteiger partial charge on any atom is 0.165 e. The van der Waals surface area contributed by atoms with Crippen LogP contribution in [0.25, 0.3) is 11.2 Å². The lowest BCUT2D eigenvalue weighted by molar-refractivity contribution is 0.244. The second kappa shape index (κ2) is 3.81. The standard InChI is InChI=1S/C11H13N5O/c12-10-9-11(14-5-13-10)16(6-15-9)8-2-1-7(3-8)4-17/h1-2,5-8,17H,3-4H2,(H2,12,13,14)/t7-,8?/m0/s1. The van der Waals surface area contributed by atoms with E-state index in [-0.39, 0.29) is 18.6 Å². The highest BCUT2D eigenvalue weighted by atomic mass is 16.3. The molecule has 0 aromatic carbocycles. The Hall–Kier alpha value is -1.95. The Morgan fingerprint density at radius 2 is 2.24 bits per heavy atom. The molecule has 3 rings (SSSR count). The van der Waals surface area contributed by atoms with Crippen molar-refractivity contribution < 1.29 is 5.11 Å². The number of anilines is 1. The molecule has 6 heteroatoms. The fraction of sp³-hybridized carbons (Fsp3) is 0.364. The van der Waals surface area contributed by atoms with Crippen LogP contribution in [0.15, 0.2) is 24.8 Å². The van der Waals surface area contributed by atoms with Crippen molar-refractivity contribution in [3.63, 3.8) is 0 Å². The van der Waals surface area contributed by atoms with Crippen LogP contribution in [0.5, 0.6) is 0 Å². The van der Waals surface area contributed by atoms with Crippen LogP contribution in [0, 0.1) is 5.92 Å². The first-order valence-electron chi connectivity index (χ1n) is 5.52. The first-order chi connectivity index (χ1) is 8.29. The number of nitrogens with zero attached hydrogens (tertiary/aromatic N) is 4. The van der Waals surface area contributed by atoms with E-state index in [0.29, 0.717) is 11.3 Å². The monoisotopic (exact) mass is 231 g/mol. The molecule has 6 nitrogen and oxygen atoms in total. The van der Waals surface area contributed by atoms with E-state index >= 15 is 0 Å². The van der Waals surface area contributed by atoms with Crippen LogP contribution in [-0.4, -0.2) is 31.2 Å². The van der Waals surface area contributed by atoms with Gasteiger partial charge in [0.15, 0.2) is 11.5 Å². The molecule has 0 spiro atoms. The highest BCUT2D eigenvalue weighted by Crippen LogP contribution is 2.30. The predicted octanol–water partition coefficient (Wildman–Crippen LogP) is 0.518. The molecule has 1 aliphatic carbocycles. The molecule has 2 heterocycles. The number of aliphatic hydroxyl groups is 1. The minimum absolute atomic E-state index is 0.177. The zero-order chi connectivity index (χ0) is 11.8. The fourth-order valence-electron chi connectivity index (χ4n) is 2.21. The van der Waals surface area contributed by atoms with E-state index in [4.69, 9.17) is 10.8 Å². The first kappa shape index (κ1) is 10.2. The van der Waals surface area contributed by atoms with Crippen LogP contribution in [-0.2, 0) is 0 Å². The number of rotatable bonds is 2. The van der Waals surface area contributed by atoms with Gasteiger partial charge in [-0.15, -0.1) is 0 Å². The quantitative estimate of drug-likeness (QED) is 0.735. The largest absolute Gasteiger partial charge is 0.396 e. The molecule has 1 aliphatic rings. The summed E-state index contributed by atoms with van der Waals surface area (Å²) in [6.07, 6.45) is 8.13. The Bertz CT molecular complexity index is 576. The van der Waals surface area contributed by atoms with Gasteiger partial charge in [-0.25, -0.2) is 15.0 Å². The van der Waals surface area contributed by atoms with Crippen LogP contribution >= 0.6 is 0 Å². The molecular formula is C11H13N5O. The summed E-state index contributed by atoms with van der Waals surface area (Å²) in [4.78, 5) is 12.4. The molecule has 2 atom stereocenters. The van der Waals surface area contributed by atoms with Crippen molar-refractivity contribution in [1.29, 1.82) is 0 Å². The van der Waals surface area contributed by atoms with Crippen molar-refractivity contribution in [2.24, 2.45) is 5.92 Å². The number of allylic oxidation sites excluding steroid dienone is 1. The summed E-state index contributed by atoms with van der Waals surface area (Å²) in [6, 6.07) is 0.187. The van der Waals surface area contributed by atoms with Gasteiger partial charge in [-0.05, 0) is 6.42 Å². The zero-order valence-corrected chi connectivity index (χ0v) is 9.19. The maximum absolute atomic E-state index is 9.12. The molecule has 0 amide bonds. The van der Waals surface area contributed by atoms with Gasteiger partial charge >= 0.3 is 0 Å². The zero-order valence-electron chi connectivity index (χ0n) is 9.19. The van der Waals surface area contributed by atoms with Crippen LogP contribution in [0.1, 0.15) is 12.5 Å². The molecular weight excluding hydrogens is 218 g/mol. The normalized spacial score (nSPS) is 23.6. The molecule has 1 unspecified atom stereocenters. The van der Waals surface area contributed by atoms with Gasteiger partial charge in [-0.3, -0.25) is 0 Å². The minimum Gasteiger partial charge on any atom is -0.396 e. The van der Waals surface area contributed by atoms with E-state index in [1.807, 2.05) is 10.6 Å². The first-order valence-corrected chi connectivity index (χ1v) is 5.52. The molecule has 0 fully saturated rings. The number of aromatic nitrogens is 4. The fourth-order valence-corrected chi connectivity index (χ4v) is 2.21. The molecule has 0 bridgehead atoms. The summed E-state index contributed by atoms with van der Waals surface area (Å²) in [6.45, 7) is 0.177. The molecule has 0 aliphatic heterocycles. The van der Waals surface area contributed by atoms with Gasteiger partial charge in [0.05, 0.1) is 12.4 Å². The maximum atomic E-state index is 9.12. The lowest BCUT2D eigenvalue weighted by atomic mass is 10.1. The number of hydrogen-bond acceptors (Lipinski definition) is 5. The molecule has 0 saturated carbocycles. The van der Waals surface area contributed by atoms with Crippen molar-refractivity contribution in [1.82, 2.24) is 19.5 Å². The summed E-state index contributed by atoms with van der Waals surface area (Å²) in [5.74, 6) is 0.617. The highest BCUT2D eigenvalue weighted by Gasteiger charge is 2.21. The number of hydrogen-bond donors (Lipinski definition) is 2. The highest BCUT2D eigenvalue weighted by molar-refractivity contribution is 5.81. The average molecular weight is 231 g/mol. The summed E-state index contributed by atoms with van der Waals surface area (Å²) >= 11 is 0. The second-order valence-electron chi connectivity index (χ2n) is 4.21. The molecule has 88 valence electrons. The third kappa shape index (κ3) is 1.57. The Balaban J connectivity index is 2.02. The summed E-state index contributed by atoms with van der Waals surface area (Å²) in [5.41, 5.74) is 7.11. The molecule has 3 N–H and O–H groups in total. The number of imidazole rings is 1. The molecule has 2 aromatic rings. The smallest absolute Gasteiger partial charge is 0.165 e. The van der Waals surface area contributed by atoms with Crippen LogP contribution in [0.3, 0.4) is 0 Å². The van der Waals surface area contributed by atoms with Gasteiger partial charge in [0.25, 0.3) is 0 Å². The van der Waals surface area contributed by atoms with Gasteiger partial charge in [0.1, 0.15) is 11.8 Å². The van der Waals surface area contributed by atoms with Crippen LogP contribution in [0.2, 0.25) is 0 Å². The van der Waals surface area contributed by atoms with Gasteiger partial charge in [0.2, 0.25) is 0 Å². The second-order valence-corrected chi connectivity index (χ2v) is 4.21. The Morgan fingerprint density at radius 1 is 1.35 bits per heavy atom. The van der Waals surface area contributed by atoms with Crippen molar-refractivity contribution in [2.75, 3.05) is 12.3 Å². The van der Waals surface area contributed by atoms with E-state index in [2.05, 4.69) is 21.0 Å². The van der Waals surface area contributed by atoms with E-state index in [0.717, 1.165) is 12.1 Å². The van der Waals surface area contributed by atoms with Crippen molar-refractivity contribution in [3.05, 3.63) is 24.8 Å². The van der Waals surface area contributed by atoms with Crippen molar-refractivity contribution in [3.8, 4) is 0 Å². The van der Waals surface area contributed by atoms with E-state index in [9.17, 15) is 0 Å². The summed E-state index contributed by atoms with van der Waals surface area (Å²) in [7, 11) is 0. The topological polar surface area (TPSA) is 89.9 Å². The molecule has 0 saturated heterocycles. The van der Waals surface area contributed by atoms with E-state index in [1.165, 1.54) is 6.33 Å². The molecule has 2 aromatic heterocycles. The number of aliphatic hydroxyl groups excluding tert-OH is 1. The lowest BCUT2D eigenvalue weighted by Crippen LogP contribution is -2.08. The Kier molecular flexibility index (Phi) is 2.29. The predicted molar refractivity (Wildman–Crippen MR) is 63.1 cm³/mol. The van der Waals surface area contributed by atoms with Gasteiger partial charge < -0.3 is 15.4 Å². The Morgan fingerprint density at radius 3 is 3.00 bits per heavy atom. The van der Waals surface area contributed by atoms with Crippen molar-refractivity contribution >= 4 is 17.0 Å². The summed E-state index contributed by atoms with van der Waals surface area (Å²) in [5, 5.41) is 9.12. The van der Waals surface area contributed by atoms with Gasteiger partial charge in [-0.2, -0.15) is 0 Å². The van der Waals surface area contributed by atoms with Gasteiger partial charge in [-0.1, -0.05) is 12.2 Å². The van der Waals surface area contributed by atoms with E-state index in [1.54, 1.807) is 6.33 Å². The lowest BCUT2D eigenvalue weighted by Gasteiger charge is -2.12. The molecule has 17 heavy (non-hydrogen) atoms. The number of nitrogen functional groups attached to an aromatic ring is 1. The number of nitrogens with two attached hydrogens (primary N) is 1. The third-order valence-corrected chi connectivity index (χ3v) is 3.13. The SMILES string of the molecule is Nc1ncnc2c1ncn2C1C=C[C@H](CO)C1. The van der Waals surface area contributed by atoms with Gasteiger partial charge in [0, 0.05) is 12.5 Å². The minimum atomic E-state index is 0.177. The van der Waals surface area contributed by atoms with Crippen LogP contribution < -0.4 is 5.73 Å². The third-order valence-electron chi connectivity index (χ3n) is 3.13. The number of fused-ring (bicyclic) bond motifs is 1. The van der Waals surface area contributed by atoms with Crippen molar-refractivity contribution in [2.45, 2.75) is 12.5 Å².